The van der Waals surface area contributed by atoms with Crippen LogP contribution in [0.1, 0.15) is 5.69 Å². The van der Waals surface area contributed by atoms with Crippen LogP contribution >= 0.6 is 27.5 Å². The Bertz CT molecular complexity index is 863. The van der Waals surface area contributed by atoms with Crippen molar-refractivity contribution in [3.05, 3.63) is 74.2 Å². The first-order valence-electron chi connectivity index (χ1n) is 6.30. The summed E-state index contributed by atoms with van der Waals surface area (Å²) >= 11 is 9.47. The molecule has 0 aliphatic rings. The van der Waals surface area contributed by atoms with Gasteiger partial charge in [0.15, 0.2) is 0 Å². The Hall–Kier alpha value is -1.85. The summed E-state index contributed by atoms with van der Waals surface area (Å²) in [6.45, 7) is 0.444. The van der Waals surface area contributed by atoms with E-state index in [-0.39, 0.29) is 5.56 Å². The van der Waals surface area contributed by atoms with Gasteiger partial charge in [0, 0.05) is 12.3 Å². The number of nitrogens with one attached hydrogen (secondary N) is 1. The fourth-order valence-electron chi connectivity index (χ4n) is 2.02. The molecule has 0 amide bonds. The smallest absolute Gasteiger partial charge is 0.258 e. The molecule has 0 radical (unpaired) electrons. The molecule has 0 saturated carbocycles. The van der Waals surface area contributed by atoms with Gasteiger partial charge in [-0.1, -0.05) is 23.7 Å². The Labute approximate surface area is 134 Å². The van der Waals surface area contributed by atoms with Gasteiger partial charge in [-0.05, 0) is 40.2 Å². The van der Waals surface area contributed by atoms with Crippen LogP contribution in [0.2, 0.25) is 5.02 Å². The molecule has 2 aromatic heterocycles. The first kappa shape index (κ1) is 14.1. The second-order valence-electron chi connectivity index (χ2n) is 4.47. The topological polar surface area (TPSA) is 46.4 Å². The van der Waals surface area contributed by atoms with Crippen molar-refractivity contribution < 1.29 is 0 Å². The first-order valence-corrected chi connectivity index (χ1v) is 7.47. The van der Waals surface area contributed by atoms with E-state index in [1.54, 1.807) is 24.4 Å². The second-order valence-corrected chi connectivity index (χ2v) is 5.67. The predicted octanol–water partition coefficient (Wildman–Crippen LogP) is 3.72. The van der Waals surface area contributed by atoms with Crippen LogP contribution in [-0.4, -0.2) is 9.38 Å². The van der Waals surface area contributed by atoms with Gasteiger partial charge >= 0.3 is 0 Å². The van der Waals surface area contributed by atoms with Crippen molar-refractivity contribution in [2.24, 2.45) is 0 Å². The standard InChI is InChI=1S/C15H11BrClN3O/c16-15-11(17)4-3-5-12(15)18-9-10-8-14(21)20-7-2-1-6-13(20)19-10/h1-8,18H,9H2. The van der Waals surface area contributed by atoms with E-state index in [0.29, 0.717) is 22.9 Å². The summed E-state index contributed by atoms with van der Waals surface area (Å²) in [6.07, 6.45) is 1.70. The summed E-state index contributed by atoms with van der Waals surface area (Å²) in [5, 5.41) is 3.85. The molecule has 0 fully saturated rings. The van der Waals surface area contributed by atoms with Crippen molar-refractivity contribution in [2.75, 3.05) is 5.32 Å². The SMILES string of the molecule is O=c1cc(CNc2cccc(Cl)c2Br)nc2ccccn12. The molecule has 3 aromatic rings. The van der Waals surface area contributed by atoms with E-state index in [1.807, 2.05) is 18.2 Å². The van der Waals surface area contributed by atoms with Gasteiger partial charge in [-0.3, -0.25) is 9.20 Å². The number of nitrogens with zero attached hydrogens (tertiary/aromatic N) is 2. The van der Waals surface area contributed by atoms with Gasteiger partial charge < -0.3 is 5.32 Å². The fourth-order valence-corrected chi connectivity index (χ4v) is 2.60. The lowest BCUT2D eigenvalue weighted by Gasteiger charge is -2.09. The number of hydrogen-bond acceptors (Lipinski definition) is 3. The third kappa shape index (κ3) is 2.94. The maximum Gasteiger partial charge on any atom is 0.258 e. The van der Waals surface area contributed by atoms with Crippen LogP contribution in [0.3, 0.4) is 0 Å². The molecule has 3 rings (SSSR count). The van der Waals surface area contributed by atoms with Crippen LogP contribution in [0, 0.1) is 0 Å². The summed E-state index contributed by atoms with van der Waals surface area (Å²) in [7, 11) is 0. The number of halogens is 2. The molecule has 21 heavy (non-hydrogen) atoms. The number of fused-ring (bicyclic) bond motifs is 1. The number of hydrogen-bond donors (Lipinski definition) is 1. The van der Waals surface area contributed by atoms with Gasteiger partial charge in [-0.25, -0.2) is 4.98 Å². The summed E-state index contributed by atoms with van der Waals surface area (Å²) in [5.74, 6) is 0. The minimum Gasteiger partial charge on any atom is -0.378 e. The molecule has 0 unspecified atom stereocenters. The van der Waals surface area contributed by atoms with Crippen LogP contribution in [-0.2, 0) is 6.54 Å². The largest absolute Gasteiger partial charge is 0.378 e. The van der Waals surface area contributed by atoms with E-state index in [9.17, 15) is 4.79 Å². The minimum absolute atomic E-state index is 0.0949. The van der Waals surface area contributed by atoms with Gasteiger partial charge in [0.25, 0.3) is 5.56 Å². The lowest BCUT2D eigenvalue weighted by atomic mass is 10.3. The predicted molar refractivity (Wildman–Crippen MR) is 87.9 cm³/mol. The molecule has 1 aromatic carbocycles. The van der Waals surface area contributed by atoms with E-state index < -0.39 is 0 Å². The lowest BCUT2D eigenvalue weighted by Crippen LogP contribution is -2.16. The number of anilines is 1. The van der Waals surface area contributed by atoms with Crippen molar-refractivity contribution in [2.45, 2.75) is 6.54 Å². The molecule has 0 spiro atoms. The molecule has 1 N–H and O–H groups in total. The molecule has 0 aliphatic carbocycles. The van der Waals surface area contributed by atoms with Crippen molar-refractivity contribution >= 4 is 38.9 Å². The van der Waals surface area contributed by atoms with Crippen LogP contribution in [0.4, 0.5) is 5.69 Å². The molecule has 4 nitrogen and oxygen atoms in total. The minimum atomic E-state index is -0.0949. The third-order valence-electron chi connectivity index (χ3n) is 3.04. The quantitative estimate of drug-likeness (QED) is 0.770. The molecular weight excluding hydrogens is 354 g/mol. The Balaban J connectivity index is 1.89. The van der Waals surface area contributed by atoms with Crippen molar-refractivity contribution in [1.29, 1.82) is 0 Å². The van der Waals surface area contributed by atoms with E-state index in [2.05, 4.69) is 26.2 Å². The number of benzene rings is 1. The Morgan fingerprint density at radius 1 is 1.24 bits per heavy atom. The average Bonchev–Trinajstić information content (AvgIpc) is 2.49. The summed E-state index contributed by atoms with van der Waals surface area (Å²) in [6, 6.07) is 12.6. The van der Waals surface area contributed by atoms with Crippen molar-refractivity contribution in [3.8, 4) is 0 Å². The maximum atomic E-state index is 12.0. The molecule has 0 atom stereocenters. The Morgan fingerprint density at radius 3 is 2.95 bits per heavy atom. The van der Waals surface area contributed by atoms with Crippen molar-refractivity contribution in [1.82, 2.24) is 9.38 Å². The van der Waals surface area contributed by atoms with Gasteiger partial charge in [-0.2, -0.15) is 0 Å². The second kappa shape index (κ2) is 5.87. The zero-order chi connectivity index (χ0) is 14.8. The monoisotopic (exact) mass is 363 g/mol. The third-order valence-corrected chi connectivity index (χ3v) is 4.43. The first-order chi connectivity index (χ1) is 10.1. The van der Waals surface area contributed by atoms with Crippen LogP contribution in [0.15, 0.2) is 57.9 Å². The normalized spacial score (nSPS) is 10.8. The van der Waals surface area contributed by atoms with Gasteiger partial charge in [-0.15, -0.1) is 0 Å². The molecular formula is C15H11BrClN3O. The van der Waals surface area contributed by atoms with Gasteiger partial charge in [0.05, 0.1) is 27.4 Å². The molecule has 0 bridgehead atoms. The summed E-state index contributed by atoms with van der Waals surface area (Å²) < 4.78 is 2.31. The number of aromatic nitrogens is 2. The highest BCUT2D eigenvalue weighted by Crippen LogP contribution is 2.30. The molecule has 0 saturated heterocycles. The van der Waals surface area contributed by atoms with Crippen LogP contribution in [0.25, 0.3) is 5.65 Å². The Kier molecular flexibility index (Phi) is 3.94. The molecule has 2 heterocycles. The zero-order valence-corrected chi connectivity index (χ0v) is 13.2. The van der Waals surface area contributed by atoms with Crippen LogP contribution < -0.4 is 10.9 Å². The maximum absolute atomic E-state index is 12.0. The number of rotatable bonds is 3. The number of pyridine rings is 1. The van der Waals surface area contributed by atoms with E-state index in [1.165, 1.54) is 10.5 Å². The Morgan fingerprint density at radius 2 is 2.10 bits per heavy atom. The van der Waals surface area contributed by atoms with E-state index >= 15 is 0 Å². The van der Waals surface area contributed by atoms with Crippen molar-refractivity contribution in [3.63, 3.8) is 0 Å². The lowest BCUT2D eigenvalue weighted by molar-refractivity contribution is 0.971. The average molecular weight is 365 g/mol. The van der Waals surface area contributed by atoms with E-state index in [4.69, 9.17) is 11.6 Å². The highest BCUT2D eigenvalue weighted by Gasteiger charge is 2.05. The van der Waals surface area contributed by atoms with E-state index in [0.717, 1.165) is 10.2 Å². The molecule has 0 aliphatic heterocycles. The summed E-state index contributed by atoms with van der Waals surface area (Å²) in [4.78, 5) is 16.5. The van der Waals surface area contributed by atoms with Gasteiger partial charge in [0.1, 0.15) is 5.65 Å². The highest BCUT2D eigenvalue weighted by atomic mass is 79.9. The molecule has 106 valence electrons. The highest BCUT2D eigenvalue weighted by molar-refractivity contribution is 9.10. The molecule has 6 heteroatoms. The summed E-state index contributed by atoms with van der Waals surface area (Å²) in [5.41, 5.74) is 2.07. The zero-order valence-electron chi connectivity index (χ0n) is 10.9. The van der Waals surface area contributed by atoms with Gasteiger partial charge in [0.2, 0.25) is 0 Å². The fraction of sp³-hybridized carbons (Fsp3) is 0.0667. The van der Waals surface area contributed by atoms with Crippen LogP contribution in [0.5, 0.6) is 0 Å².